The van der Waals surface area contributed by atoms with E-state index in [1.54, 1.807) is 30.3 Å². The molecule has 0 bridgehead atoms. The van der Waals surface area contributed by atoms with Crippen molar-refractivity contribution in [3.63, 3.8) is 0 Å². The molecule has 138 valence electrons. The van der Waals surface area contributed by atoms with E-state index in [2.05, 4.69) is 21.2 Å². The van der Waals surface area contributed by atoms with Crippen molar-refractivity contribution >= 4 is 51.2 Å². The predicted molar refractivity (Wildman–Crippen MR) is 106 cm³/mol. The second-order valence-corrected chi connectivity index (χ2v) is 7.03. The number of nitrogens with zero attached hydrogens (tertiary/aromatic N) is 1. The fourth-order valence-electron chi connectivity index (χ4n) is 2.42. The van der Waals surface area contributed by atoms with Gasteiger partial charge in [-0.05, 0) is 69.6 Å². The fourth-order valence-corrected chi connectivity index (χ4v) is 3.11. The highest BCUT2D eigenvalue weighted by atomic mass is 79.9. The minimum absolute atomic E-state index is 0.00794. The number of carbonyl (C=O) groups is 2. The van der Waals surface area contributed by atoms with E-state index in [0.717, 1.165) is 0 Å². The Hall–Kier alpha value is -2.58. The van der Waals surface area contributed by atoms with Crippen LogP contribution in [0.25, 0.3) is 6.08 Å². The molecule has 1 aliphatic heterocycles. The molecule has 2 aromatic carbocycles. The van der Waals surface area contributed by atoms with E-state index >= 15 is 0 Å². The van der Waals surface area contributed by atoms with Gasteiger partial charge >= 0.3 is 0 Å². The van der Waals surface area contributed by atoms with E-state index < -0.39 is 11.8 Å². The Kier molecular flexibility index (Phi) is 5.67. The molecule has 0 aliphatic carbocycles. The van der Waals surface area contributed by atoms with Crippen LogP contribution in [0.4, 0.5) is 4.39 Å². The van der Waals surface area contributed by atoms with E-state index in [4.69, 9.17) is 17.0 Å². The molecule has 1 N–H and O–H groups in total. The molecule has 3 rings (SSSR count). The average molecular weight is 449 g/mol. The maximum Gasteiger partial charge on any atom is 0.265 e. The van der Waals surface area contributed by atoms with Crippen LogP contribution in [0.5, 0.6) is 5.75 Å². The van der Waals surface area contributed by atoms with Crippen molar-refractivity contribution in [3.8, 4) is 5.75 Å². The lowest BCUT2D eigenvalue weighted by molar-refractivity contribution is -0.128. The van der Waals surface area contributed by atoms with Crippen molar-refractivity contribution in [2.75, 3.05) is 7.05 Å². The topological polar surface area (TPSA) is 58.6 Å². The highest BCUT2D eigenvalue weighted by Gasteiger charge is 2.30. The number of hydrogen-bond donors (Lipinski definition) is 1. The normalized spacial score (nSPS) is 15.9. The minimum Gasteiger partial charge on any atom is -0.488 e. The second-order valence-electron chi connectivity index (χ2n) is 5.79. The van der Waals surface area contributed by atoms with E-state index in [9.17, 15) is 14.0 Å². The first-order valence-corrected chi connectivity index (χ1v) is 9.07. The molecular formula is C19H14BrFN2O3S. The lowest BCUT2D eigenvalue weighted by atomic mass is 10.1. The molecule has 1 saturated heterocycles. The van der Waals surface area contributed by atoms with E-state index in [-0.39, 0.29) is 23.1 Å². The largest absolute Gasteiger partial charge is 0.488 e. The van der Waals surface area contributed by atoms with Gasteiger partial charge in [-0.2, -0.15) is 0 Å². The summed E-state index contributed by atoms with van der Waals surface area (Å²) < 4.78 is 19.5. The van der Waals surface area contributed by atoms with Crippen molar-refractivity contribution in [1.82, 2.24) is 10.2 Å². The summed E-state index contributed by atoms with van der Waals surface area (Å²) in [5.74, 6) is -0.770. The van der Waals surface area contributed by atoms with Gasteiger partial charge in [-0.3, -0.25) is 19.8 Å². The zero-order chi connectivity index (χ0) is 19.6. The molecule has 27 heavy (non-hydrogen) atoms. The summed E-state index contributed by atoms with van der Waals surface area (Å²) >= 11 is 8.32. The van der Waals surface area contributed by atoms with Crippen LogP contribution in [0.3, 0.4) is 0 Å². The van der Waals surface area contributed by atoms with Crippen LogP contribution in [0.2, 0.25) is 0 Å². The molecule has 0 atom stereocenters. The van der Waals surface area contributed by atoms with Crippen LogP contribution >= 0.6 is 28.1 Å². The third-order valence-electron chi connectivity index (χ3n) is 3.86. The van der Waals surface area contributed by atoms with Gasteiger partial charge in [-0.15, -0.1) is 0 Å². The lowest BCUT2D eigenvalue weighted by Gasteiger charge is -2.25. The number of thiocarbonyl (C=S) groups is 1. The van der Waals surface area contributed by atoms with E-state index in [1.807, 2.05) is 0 Å². The summed E-state index contributed by atoms with van der Waals surface area (Å²) in [7, 11) is 1.50. The Labute approximate surface area is 168 Å². The summed E-state index contributed by atoms with van der Waals surface area (Å²) in [6.45, 7) is 0.208. The predicted octanol–water partition coefficient (Wildman–Crippen LogP) is 3.42. The van der Waals surface area contributed by atoms with Crippen molar-refractivity contribution in [2.45, 2.75) is 6.61 Å². The Balaban J connectivity index is 1.77. The molecule has 2 aromatic rings. The highest BCUT2D eigenvalue weighted by molar-refractivity contribution is 9.10. The quantitative estimate of drug-likeness (QED) is 0.442. The highest BCUT2D eigenvalue weighted by Crippen LogP contribution is 2.28. The van der Waals surface area contributed by atoms with Gasteiger partial charge in [-0.25, -0.2) is 4.39 Å². The van der Waals surface area contributed by atoms with Gasteiger partial charge in [0.15, 0.2) is 5.11 Å². The first kappa shape index (κ1) is 19.2. The summed E-state index contributed by atoms with van der Waals surface area (Å²) in [6, 6.07) is 11.3. The number of halogens is 2. The molecule has 5 nitrogen and oxygen atoms in total. The smallest absolute Gasteiger partial charge is 0.265 e. The van der Waals surface area contributed by atoms with Crippen LogP contribution in [-0.2, 0) is 16.2 Å². The number of ether oxygens (including phenoxy) is 1. The second kappa shape index (κ2) is 7.98. The first-order chi connectivity index (χ1) is 12.8. The molecule has 1 heterocycles. The van der Waals surface area contributed by atoms with Crippen molar-refractivity contribution in [2.24, 2.45) is 0 Å². The Bertz CT molecular complexity index is 977. The minimum atomic E-state index is -0.536. The van der Waals surface area contributed by atoms with Crippen LogP contribution in [0.1, 0.15) is 11.1 Å². The maximum atomic E-state index is 13.2. The van der Waals surface area contributed by atoms with Gasteiger partial charge in [0.2, 0.25) is 0 Å². The number of benzene rings is 2. The number of nitrogens with one attached hydrogen (secondary N) is 1. The zero-order valence-electron chi connectivity index (χ0n) is 14.2. The van der Waals surface area contributed by atoms with E-state index in [1.165, 1.54) is 30.2 Å². The Morgan fingerprint density at radius 2 is 2.04 bits per heavy atom. The Morgan fingerprint density at radius 1 is 1.26 bits per heavy atom. The number of amides is 2. The number of hydrogen-bond acceptors (Lipinski definition) is 4. The fraction of sp³-hybridized carbons (Fsp3) is 0.105. The molecule has 1 aliphatic rings. The van der Waals surface area contributed by atoms with Crippen LogP contribution in [0, 0.1) is 5.82 Å². The molecular weight excluding hydrogens is 435 g/mol. The van der Waals surface area contributed by atoms with Crippen molar-refractivity contribution in [3.05, 3.63) is 69.5 Å². The number of carbonyl (C=O) groups excluding carboxylic acids is 2. The van der Waals surface area contributed by atoms with Crippen molar-refractivity contribution < 1.29 is 18.7 Å². The van der Waals surface area contributed by atoms with Gasteiger partial charge in [0.05, 0.1) is 4.47 Å². The summed E-state index contributed by atoms with van der Waals surface area (Å²) in [4.78, 5) is 25.5. The van der Waals surface area contributed by atoms with Gasteiger partial charge in [0.25, 0.3) is 11.8 Å². The standard InChI is InChI=1S/C19H14BrFN2O3S/c1-23-18(25)14(17(24)22-19(23)27)8-11-5-6-16(15(20)9-11)26-10-12-3-2-4-13(21)7-12/h2-9H,10H2,1H3,(H,22,24,27)/b14-8+. The summed E-state index contributed by atoms with van der Waals surface area (Å²) in [5.41, 5.74) is 1.34. The SMILES string of the molecule is CN1C(=O)/C(=C/c2ccc(OCc3cccc(F)c3)c(Br)c2)C(=O)NC1=S. The summed E-state index contributed by atoms with van der Waals surface area (Å²) in [6.07, 6.45) is 1.48. The Morgan fingerprint density at radius 3 is 2.74 bits per heavy atom. The zero-order valence-corrected chi connectivity index (χ0v) is 16.6. The number of rotatable bonds is 4. The van der Waals surface area contributed by atoms with Crippen LogP contribution in [-0.4, -0.2) is 28.9 Å². The third kappa shape index (κ3) is 4.40. The first-order valence-electron chi connectivity index (χ1n) is 7.87. The third-order valence-corrected chi connectivity index (χ3v) is 4.85. The molecule has 0 unspecified atom stereocenters. The van der Waals surface area contributed by atoms with Crippen molar-refractivity contribution in [1.29, 1.82) is 0 Å². The maximum absolute atomic E-state index is 13.2. The molecule has 0 radical (unpaired) electrons. The molecule has 8 heteroatoms. The molecule has 0 aromatic heterocycles. The molecule has 0 spiro atoms. The molecule has 1 fully saturated rings. The summed E-state index contributed by atoms with van der Waals surface area (Å²) in [5, 5.41) is 2.53. The van der Waals surface area contributed by atoms with Gasteiger partial charge in [-0.1, -0.05) is 18.2 Å². The number of likely N-dealkylation sites (N-methyl/N-ethyl adjacent to an activating group) is 1. The van der Waals surface area contributed by atoms with Gasteiger partial charge in [0.1, 0.15) is 23.7 Å². The van der Waals surface area contributed by atoms with Crippen LogP contribution in [0.15, 0.2) is 52.5 Å². The van der Waals surface area contributed by atoms with E-state index in [0.29, 0.717) is 21.3 Å². The van der Waals surface area contributed by atoms with Gasteiger partial charge < -0.3 is 4.74 Å². The lowest BCUT2D eigenvalue weighted by Crippen LogP contribution is -2.52. The molecule has 0 saturated carbocycles. The average Bonchev–Trinajstić information content (AvgIpc) is 2.63. The van der Waals surface area contributed by atoms with Gasteiger partial charge in [0, 0.05) is 7.05 Å². The van der Waals surface area contributed by atoms with Crippen LogP contribution < -0.4 is 10.1 Å². The monoisotopic (exact) mass is 448 g/mol. The molecule has 2 amide bonds.